The van der Waals surface area contributed by atoms with Gasteiger partial charge in [-0.15, -0.1) is 0 Å². The molecule has 2 amide bonds. The van der Waals surface area contributed by atoms with Crippen molar-refractivity contribution in [1.29, 1.82) is 0 Å². The number of carbonyl (C=O) groups excluding carboxylic acids is 3. The summed E-state index contributed by atoms with van der Waals surface area (Å²) in [5.74, 6) is -0.129. The van der Waals surface area contributed by atoms with Gasteiger partial charge in [-0.25, -0.2) is 9.59 Å². The highest BCUT2D eigenvalue weighted by Crippen LogP contribution is 2.33. The smallest absolute Gasteiger partial charge is 0.412 e. The van der Waals surface area contributed by atoms with E-state index in [1.165, 1.54) is 11.0 Å². The quantitative estimate of drug-likeness (QED) is 0.479. The standard InChI is InChI=1S/C29H36N2O6/c1-28(2,3)36-26(33)30-22-14-12-20(13-15-22)18-23(32)16-17-24-25(21-10-8-7-9-11-21)35-19-31(24)27(34)37-29(4,5)6/h7-17,24-25H,18-19H2,1-6H3,(H,30,33)/b17-16+/t24-,25-/m1/s1. The number of ether oxygens (including phenoxy) is 3. The van der Waals surface area contributed by atoms with Crippen LogP contribution >= 0.6 is 0 Å². The van der Waals surface area contributed by atoms with Crippen LogP contribution < -0.4 is 5.32 Å². The van der Waals surface area contributed by atoms with Crippen LogP contribution in [-0.2, 0) is 25.4 Å². The molecule has 1 saturated heterocycles. The Balaban J connectivity index is 1.68. The van der Waals surface area contributed by atoms with E-state index < -0.39 is 35.5 Å². The van der Waals surface area contributed by atoms with Gasteiger partial charge in [0.05, 0.1) is 6.04 Å². The van der Waals surface area contributed by atoms with Gasteiger partial charge < -0.3 is 14.2 Å². The van der Waals surface area contributed by atoms with E-state index in [1.807, 2.05) is 30.3 Å². The number of hydrogen-bond acceptors (Lipinski definition) is 6. The van der Waals surface area contributed by atoms with Crippen LogP contribution in [0.4, 0.5) is 15.3 Å². The van der Waals surface area contributed by atoms with Crippen molar-refractivity contribution >= 4 is 23.7 Å². The molecule has 1 N–H and O–H groups in total. The number of carbonyl (C=O) groups is 3. The lowest BCUT2D eigenvalue weighted by molar-refractivity contribution is -0.114. The van der Waals surface area contributed by atoms with Crippen LogP contribution in [-0.4, -0.2) is 46.8 Å². The fourth-order valence-corrected chi connectivity index (χ4v) is 3.74. The lowest BCUT2D eigenvalue weighted by Gasteiger charge is -2.27. The molecule has 1 aliphatic rings. The average Bonchev–Trinajstić information content (AvgIpc) is 3.21. The van der Waals surface area contributed by atoms with E-state index in [0.717, 1.165) is 11.1 Å². The molecule has 2 atom stereocenters. The Morgan fingerprint density at radius 3 is 2.16 bits per heavy atom. The van der Waals surface area contributed by atoms with E-state index in [-0.39, 0.29) is 18.9 Å². The monoisotopic (exact) mass is 508 g/mol. The fourth-order valence-electron chi connectivity index (χ4n) is 3.74. The summed E-state index contributed by atoms with van der Waals surface area (Å²) in [5, 5.41) is 2.67. The lowest BCUT2D eigenvalue weighted by Crippen LogP contribution is -2.40. The molecule has 1 heterocycles. The van der Waals surface area contributed by atoms with Gasteiger partial charge in [-0.05, 0) is 70.9 Å². The molecule has 37 heavy (non-hydrogen) atoms. The molecule has 1 aliphatic heterocycles. The van der Waals surface area contributed by atoms with E-state index in [0.29, 0.717) is 5.69 Å². The van der Waals surface area contributed by atoms with Gasteiger partial charge in [-0.3, -0.25) is 15.0 Å². The second kappa shape index (κ2) is 11.6. The number of nitrogens with one attached hydrogen (secondary N) is 1. The van der Waals surface area contributed by atoms with Crippen molar-refractivity contribution in [2.75, 3.05) is 12.0 Å². The summed E-state index contributed by atoms with van der Waals surface area (Å²) in [4.78, 5) is 39.0. The van der Waals surface area contributed by atoms with Crippen molar-refractivity contribution in [3.63, 3.8) is 0 Å². The third-order valence-electron chi connectivity index (χ3n) is 5.28. The Bertz CT molecular complexity index is 1110. The number of anilines is 1. The minimum Gasteiger partial charge on any atom is -0.444 e. The van der Waals surface area contributed by atoms with E-state index in [4.69, 9.17) is 14.2 Å². The summed E-state index contributed by atoms with van der Waals surface area (Å²) < 4.78 is 16.7. The van der Waals surface area contributed by atoms with Crippen LogP contribution in [0.3, 0.4) is 0 Å². The normalized spacial score (nSPS) is 18.1. The van der Waals surface area contributed by atoms with Gasteiger partial charge in [0.25, 0.3) is 0 Å². The Kier molecular flexibility index (Phi) is 8.76. The number of hydrogen-bond donors (Lipinski definition) is 1. The maximum absolute atomic E-state index is 12.8. The first-order chi connectivity index (χ1) is 17.3. The second-order valence-corrected chi connectivity index (χ2v) is 10.9. The van der Waals surface area contributed by atoms with Crippen LogP contribution in [0.25, 0.3) is 0 Å². The molecular formula is C29H36N2O6. The molecule has 1 fully saturated rings. The molecular weight excluding hydrogens is 472 g/mol. The molecule has 2 aromatic carbocycles. The first-order valence-electron chi connectivity index (χ1n) is 12.3. The molecule has 0 spiro atoms. The topological polar surface area (TPSA) is 94.2 Å². The van der Waals surface area contributed by atoms with E-state index in [2.05, 4.69) is 5.32 Å². The molecule has 0 saturated carbocycles. The Labute approximate surface area is 218 Å². The molecule has 2 aromatic rings. The van der Waals surface area contributed by atoms with Gasteiger partial charge in [0.1, 0.15) is 24.0 Å². The number of rotatable bonds is 6. The fraction of sp³-hybridized carbons (Fsp3) is 0.414. The lowest BCUT2D eigenvalue weighted by atomic mass is 10.0. The maximum Gasteiger partial charge on any atom is 0.412 e. The molecule has 0 aliphatic carbocycles. The van der Waals surface area contributed by atoms with Gasteiger partial charge >= 0.3 is 12.2 Å². The Morgan fingerprint density at radius 1 is 0.946 bits per heavy atom. The molecule has 0 unspecified atom stereocenters. The highest BCUT2D eigenvalue weighted by molar-refractivity contribution is 5.91. The zero-order chi connectivity index (χ0) is 27.2. The molecule has 0 bridgehead atoms. The van der Waals surface area contributed by atoms with E-state index in [9.17, 15) is 14.4 Å². The zero-order valence-electron chi connectivity index (χ0n) is 22.3. The summed E-state index contributed by atoms with van der Waals surface area (Å²) in [6.45, 7) is 10.9. The number of nitrogens with zero attached hydrogens (tertiary/aromatic N) is 1. The van der Waals surface area contributed by atoms with Gasteiger partial charge in [0, 0.05) is 12.1 Å². The number of amides is 2. The highest BCUT2D eigenvalue weighted by Gasteiger charge is 2.39. The first kappa shape index (κ1) is 27.9. The third-order valence-corrected chi connectivity index (χ3v) is 5.28. The first-order valence-corrected chi connectivity index (χ1v) is 12.3. The number of allylic oxidation sites excluding steroid dienone is 1. The van der Waals surface area contributed by atoms with Crippen LogP contribution in [0.15, 0.2) is 66.7 Å². The summed E-state index contributed by atoms with van der Waals surface area (Å²) in [6, 6.07) is 16.1. The van der Waals surface area contributed by atoms with Crippen molar-refractivity contribution in [3.05, 3.63) is 77.9 Å². The third kappa shape index (κ3) is 8.75. The summed E-state index contributed by atoms with van der Waals surface area (Å²) in [6.07, 6.45) is 1.89. The molecule has 3 rings (SSSR count). The minimum atomic E-state index is -0.656. The van der Waals surface area contributed by atoms with Crippen LogP contribution in [0, 0.1) is 0 Å². The summed E-state index contributed by atoms with van der Waals surface area (Å²) in [5.41, 5.74) is 1.02. The highest BCUT2D eigenvalue weighted by atomic mass is 16.6. The second-order valence-electron chi connectivity index (χ2n) is 10.9. The molecule has 198 valence electrons. The van der Waals surface area contributed by atoms with Crippen molar-refractivity contribution in [3.8, 4) is 0 Å². The molecule has 8 nitrogen and oxygen atoms in total. The number of benzene rings is 2. The largest absolute Gasteiger partial charge is 0.444 e. The van der Waals surface area contributed by atoms with Gasteiger partial charge in [0.2, 0.25) is 0 Å². The summed E-state index contributed by atoms with van der Waals surface area (Å²) in [7, 11) is 0. The Morgan fingerprint density at radius 2 is 1.57 bits per heavy atom. The van der Waals surface area contributed by atoms with E-state index in [1.54, 1.807) is 71.9 Å². The van der Waals surface area contributed by atoms with Gasteiger partial charge in [-0.1, -0.05) is 48.5 Å². The predicted molar refractivity (Wildman–Crippen MR) is 141 cm³/mol. The zero-order valence-corrected chi connectivity index (χ0v) is 22.3. The SMILES string of the molecule is CC(C)(C)OC(=O)Nc1ccc(CC(=O)/C=C/[C@@H]2[C@@H](c3ccccc3)OCN2C(=O)OC(C)(C)C)cc1. The molecule has 8 heteroatoms. The van der Waals surface area contributed by atoms with Gasteiger partial charge in [-0.2, -0.15) is 0 Å². The van der Waals surface area contributed by atoms with Crippen LogP contribution in [0.1, 0.15) is 58.8 Å². The predicted octanol–water partition coefficient (Wildman–Crippen LogP) is 6.04. The van der Waals surface area contributed by atoms with Crippen molar-refractivity contribution in [1.82, 2.24) is 4.90 Å². The van der Waals surface area contributed by atoms with Crippen molar-refractivity contribution in [2.45, 2.75) is 71.3 Å². The van der Waals surface area contributed by atoms with Crippen LogP contribution in [0.5, 0.6) is 0 Å². The maximum atomic E-state index is 12.8. The number of ketones is 1. The van der Waals surface area contributed by atoms with Crippen molar-refractivity contribution in [2.24, 2.45) is 0 Å². The van der Waals surface area contributed by atoms with E-state index >= 15 is 0 Å². The average molecular weight is 509 g/mol. The van der Waals surface area contributed by atoms with Gasteiger partial charge in [0.15, 0.2) is 5.78 Å². The van der Waals surface area contributed by atoms with Crippen molar-refractivity contribution < 1.29 is 28.6 Å². The molecule has 0 radical (unpaired) electrons. The minimum absolute atomic E-state index is 0.0593. The summed E-state index contributed by atoms with van der Waals surface area (Å²) >= 11 is 0. The Hall–Kier alpha value is -3.65. The van der Waals surface area contributed by atoms with Crippen LogP contribution in [0.2, 0.25) is 0 Å². The molecule has 0 aromatic heterocycles.